The first kappa shape index (κ1) is 20.7. The number of rotatable bonds is 4. The zero-order valence-electron chi connectivity index (χ0n) is 17.3. The molecule has 0 amide bonds. The molecule has 0 radical (unpaired) electrons. The SMILES string of the molecule is CCSc1ccsc1[C@@H]1C(C#N)=C(N)N(c2cccnc2)C2=C1C(=O)CC(C)(C)C2. The van der Waals surface area contributed by atoms with E-state index in [2.05, 4.69) is 37.9 Å². The molecule has 4 rings (SSSR count). The Morgan fingerprint density at radius 2 is 2.20 bits per heavy atom. The van der Waals surface area contributed by atoms with Crippen molar-refractivity contribution in [3.8, 4) is 6.07 Å². The fourth-order valence-electron chi connectivity index (χ4n) is 4.35. The molecule has 0 unspecified atom stereocenters. The van der Waals surface area contributed by atoms with Crippen LogP contribution in [0, 0.1) is 16.7 Å². The van der Waals surface area contributed by atoms with Crippen molar-refractivity contribution in [1.29, 1.82) is 5.26 Å². The van der Waals surface area contributed by atoms with Crippen LogP contribution in [-0.2, 0) is 4.79 Å². The van der Waals surface area contributed by atoms with Gasteiger partial charge in [-0.25, -0.2) is 0 Å². The smallest absolute Gasteiger partial charge is 0.162 e. The van der Waals surface area contributed by atoms with Gasteiger partial charge in [-0.05, 0) is 41.2 Å². The minimum Gasteiger partial charge on any atom is -0.384 e. The molecule has 30 heavy (non-hydrogen) atoms. The maximum absolute atomic E-state index is 13.5. The lowest BCUT2D eigenvalue weighted by molar-refractivity contribution is -0.118. The first-order valence-electron chi connectivity index (χ1n) is 9.94. The van der Waals surface area contributed by atoms with Crippen LogP contribution in [-0.4, -0.2) is 16.5 Å². The highest BCUT2D eigenvalue weighted by atomic mass is 32.2. The number of Topliss-reactive ketones (excluding diaryl/α,β-unsaturated/α-hetero) is 1. The molecule has 0 bridgehead atoms. The number of aromatic nitrogens is 1. The quantitative estimate of drug-likeness (QED) is 0.664. The molecule has 1 aliphatic carbocycles. The van der Waals surface area contributed by atoms with Crippen LogP contribution < -0.4 is 10.6 Å². The van der Waals surface area contributed by atoms with Gasteiger partial charge in [-0.15, -0.1) is 23.1 Å². The first-order valence-corrected chi connectivity index (χ1v) is 11.8. The molecule has 0 spiro atoms. The van der Waals surface area contributed by atoms with Crippen molar-refractivity contribution in [2.24, 2.45) is 11.1 Å². The number of carbonyl (C=O) groups excluding carboxylic acids is 1. The highest BCUT2D eigenvalue weighted by Crippen LogP contribution is 2.52. The van der Waals surface area contributed by atoms with Crippen molar-refractivity contribution in [3.05, 3.63) is 63.5 Å². The molecule has 3 heterocycles. The molecule has 7 heteroatoms. The number of nitriles is 1. The zero-order valence-corrected chi connectivity index (χ0v) is 18.9. The van der Waals surface area contributed by atoms with E-state index in [1.54, 1.807) is 35.5 Å². The number of pyridine rings is 1. The molecular formula is C23H24N4OS2. The Hall–Kier alpha value is -2.56. The van der Waals surface area contributed by atoms with Crippen LogP contribution in [0.1, 0.15) is 44.4 Å². The largest absolute Gasteiger partial charge is 0.384 e. The highest BCUT2D eigenvalue weighted by Gasteiger charge is 2.45. The Morgan fingerprint density at radius 1 is 1.40 bits per heavy atom. The number of hydrogen-bond acceptors (Lipinski definition) is 7. The normalized spacial score (nSPS) is 20.9. The van der Waals surface area contributed by atoms with Crippen molar-refractivity contribution in [3.63, 3.8) is 0 Å². The summed E-state index contributed by atoms with van der Waals surface area (Å²) in [5.74, 6) is 1.00. The molecule has 0 saturated carbocycles. The fourth-order valence-corrected chi connectivity index (χ4v) is 6.40. The number of nitrogens with zero attached hydrogens (tertiary/aromatic N) is 3. The summed E-state index contributed by atoms with van der Waals surface area (Å²) in [4.78, 5) is 21.7. The van der Waals surface area contributed by atoms with E-state index in [-0.39, 0.29) is 11.2 Å². The third kappa shape index (κ3) is 3.44. The average molecular weight is 437 g/mol. The van der Waals surface area contributed by atoms with Crippen LogP contribution in [0.15, 0.2) is 63.5 Å². The maximum Gasteiger partial charge on any atom is 0.162 e. The van der Waals surface area contributed by atoms with Crippen molar-refractivity contribution in [2.75, 3.05) is 10.7 Å². The Labute approximate surface area is 185 Å². The molecule has 0 fully saturated rings. The summed E-state index contributed by atoms with van der Waals surface area (Å²) >= 11 is 3.33. The van der Waals surface area contributed by atoms with E-state index in [1.807, 2.05) is 22.4 Å². The van der Waals surface area contributed by atoms with E-state index in [9.17, 15) is 10.1 Å². The summed E-state index contributed by atoms with van der Waals surface area (Å²) in [6, 6.07) is 8.16. The van der Waals surface area contributed by atoms with Crippen molar-refractivity contribution >= 4 is 34.6 Å². The summed E-state index contributed by atoms with van der Waals surface area (Å²) in [5, 5.41) is 12.2. The number of thiophene rings is 1. The lowest BCUT2D eigenvalue weighted by Gasteiger charge is -2.43. The van der Waals surface area contributed by atoms with E-state index in [0.717, 1.165) is 26.9 Å². The summed E-state index contributed by atoms with van der Waals surface area (Å²) in [7, 11) is 0. The monoisotopic (exact) mass is 436 g/mol. The van der Waals surface area contributed by atoms with Crippen LogP contribution in [0.5, 0.6) is 0 Å². The van der Waals surface area contributed by atoms with E-state index in [4.69, 9.17) is 5.73 Å². The minimum absolute atomic E-state index is 0.0984. The second-order valence-electron chi connectivity index (χ2n) is 8.27. The van der Waals surface area contributed by atoms with Gasteiger partial charge in [0.15, 0.2) is 5.78 Å². The number of anilines is 1. The summed E-state index contributed by atoms with van der Waals surface area (Å²) in [6.45, 7) is 6.31. The summed E-state index contributed by atoms with van der Waals surface area (Å²) < 4.78 is 0. The van der Waals surface area contributed by atoms with E-state index < -0.39 is 5.92 Å². The Bertz CT molecular complexity index is 1090. The Morgan fingerprint density at radius 3 is 2.87 bits per heavy atom. The number of thioether (sulfide) groups is 1. The molecule has 1 atom stereocenters. The van der Waals surface area contributed by atoms with Crippen molar-refractivity contribution < 1.29 is 4.79 Å². The molecule has 0 saturated heterocycles. The van der Waals surface area contributed by atoms with E-state index in [1.165, 1.54) is 0 Å². The molecule has 2 aromatic rings. The van der Waals surface area contributed by atoms with E-state index in [0.29, 0.717) is 29.8 Å². The standard InChI is InChI=1S/C23H24N4OS2/c1-4-29-18-7-9-30-21(18)19-15(12-24)22(25)27(14-6-5-8-26-13-14)16-10-23(2,3)11-17(28)20(16)19/h5-9,13,19H,4,10-11,25H2,1-3H3/t19-/m1/s1. The van der Waals surface area contributed by atoms with Gasteiger partial charge in [0.2, 0.25) is 0 Å². The number of nitrogens with two attached hydrogens (primary N) is 1. The van der Waals surface area contributed by atoms with Crippen LogP contribution in [0.25, 0.3) is 0 Å². The fraction of sp³-hybridized carbons (Fsp3) is 0.348. The molecule has 1 aliphatic heterocycles. The lowest BCUT2D eigenvalue weighted by atomic mass is 9.69. The Kier molecular flexibility index (Phi) is 5.48. The first-order chi connectivity index (χ1) is 14.4. The molecule has 2 aromatic heterocycles. The van der Waals surface area contributed by atoms with Gasteiger partial charge >= 0.3 is 0 Å². The lowest BCUT2D eigenvalue weighted by Crippen LogP contribution is -2.42. The van der Waals surface area contributed by atoms with Gasteiger partial charge in [0.25, 0.3) is 0 Å². The zero-order chi connectivity index (χ0) is 21.5. The van der Waals surface area contributed by atoms with Crippen LogP contribution in [0.3, 0.4) is 0 Å². The van der Waals surface area contributed by atoms with Crippen LogP contribution in [0.4, 0.5) is 5.69 Å². The number of ketones is 1. The third-order valence-corrected chi connectivity index (χ3v) is 7.57. The predicted molar refractivity (Wildman–Crippen MR) is 122 cm³/mol. The summed E-state index contributed by atoms with van der Waals surface area (Å²) in [6.07, 6.45) is 4.60. The molecular weight excluding hydrogens is 412 g/mol. The van der Waals surface area contributed by atoms with Gasteiger partial charge in [-0.2, -0.15) is 5.26 Å². The predicted octanol–water partition coefficient (Wildman–Crippen LogP) is 5.20. The van der Waals surface area contributed by atoms with Gasteiger partial charge in [-0.3, -0.25) is 14.7 Å². The van der Waals surface area contributed by atoms with Gasteiger partial charge < -0.3 is 5.73 Å². The third-order valence-electron chi connectivity index (χ3n) is 5.50. The second kappa shape index (κ2) is 7.93. The van der Waals surface area contributed by atoms with Gasteiger partial charge in [0, 0.05) is 33.7 Å². The molecule has 154 valence electrons. The van der Waals surface area contributed by atoms with Gasteiger partial charge in [0.1, 0.15) is 5.82 Å². The van der Waals surface area contributed by atoms with Crippen LogP contribution >= 0.6 is 23.1 Å². The molecule has 2 aliphatic rings. The molecule has 2 N–H and O–H groups in total. The van der Waals surface area contributed by atoms with Crippen LogP contribution in [0.2, 0.25) is 0 Å². The topological polar surface area (TPSA) is 83.0 Å². The van der Waals surface area contributed by atoms with Crippen molar-refractivity contribution in [1.82, 2.24) is 4.98 Å². The van der Waals surface area contributed by atoms with Crippen molar-refractivity contribution in [2.45, 2.75) is 44.4 Å². The number of hydrogen-bond donors (Lipinski definition) is 1. The number of allylic oxidation sites excluding steroid dienone is 3. The number of carbonyl (C=O) groups is 1. The van der Waals surface area contributed by atoms with E-state index >= 15 is 0 Å². The molecule has 0 aromatic carbocycles. The average Bonchev–Trinajstić information content (AvgIpc) is 3.15. The van der Waals surface area contributed by atoms with Gasteiger partial charge in [0.05, 0.1) is 29.4 Å². The summed E-state index contributed by atoms with van der Waals surface area (Å²) in [5.41, 5.74) is 9.27. The van der Waals surface area contributed by atoms with Gasteiger partial charge in [-0.1, -0.05) is 20.8 Å². The minimum atomic E-state index is -0.407. The Balaban J connectivity index is 1.99. The molecule has 5 nitrogen and oxygen atoms in total. The maximum atomic E-state index is 13.5. The highest BCUT2D eigenvalue weighted by molar-refractivity contribution is 7.99. The second-order valence-corrected chi connectivity index (χ2v) is 10.5.